The van der Waals surface area contributed by atoms with Crippen LogP contribution in [0, 0.1) is 11.8 Å². The van der Waals surface area contributed by atoms with E-state index in [-0.39, 0.29) is 16.7 Å². The zero-order chi connectivity index (χ0) is 21.9. The number of ether oxygens (including phenoxy) is 1. The van der Waals surface area contributed by atoms with Crippen LogP contribution in [0.25, 0.3) is 4.91 Å². The van der Waals surface area contributed by atoms with E-state index in [1.54, 1.807) is 38.3 Å². The average molecular weight is 434 g/mol. The molecule has 30 heavy (non-hydrogen) atoms. The van der Waals surface area contributed by atoms with Gasteiger partial charge in [0.25, 0.3) is 10.0 Å². The maximum absolute atomic E-state index is 12.8. The Hall–Kier alpha value is -2.35. The molecule has 2 aliphatic rings. The van der Waals surface area contributed by atoms with Gasteiger partial charge in [0, 0.05) is 31.1 Å². The Morgan fingerprint density at radius 3 is 2.43 bits per heavy atom. The van der Waals surface area contributed by atoms with E-state index in [1.807, 2.05) is 4.90 Å². The molecular formula is C22H31N3O4S. The van der Waals surface area contributed by atoms with Gasteiger partial charge in [0.1, 0.15) is 16.5 Å². The molecule has 0 saturated carbocycles. The van der Waals surface area contributed by atoms with Crippen molar-refractivity contribution in [1.82, 2.24) is 10.2 Å². The molecular weight excluding hydrogens is 402 g/mol. The molecule has 1 aromatic carbocycles. The van der Waals surface area contributed by atoms with Crippen LogP contribution in [0.15, 0.2) is 34.2 Å². The second kappa shape index (κ2) is 9.20. The first-order chi connectivity index (χ1) is 14.2. The Kier molecular flexibility index (Phi) is 6.85. The van der Waals surface area contributed by atoms with Gasteiger partial charge in [-0.3, -0.25) is 4.79 Å². The maximum Gasteiger partial charge on any atom is 0.285 e. The molecule has 1 amide bonds. The van der Waals surface area contributed by atoms with Crippen molar-refractivity contribution in [2.45, 2.75) is 40.0 Å². The first-order valence-corrected chi connectivity index (χ1v) is 11.9. The van der Waals surface area contributed by atoms with Crippen molar-refractivity contribution < 1.29 is 17.9 Å². The number of piperidine rings is 1. The minimum absolute atomic E-state index is 0.0302. The average Bonchev–Trinajstić information content (AvgIpc) is 2.96. The van der Waals surface area contributed by atoms with Gasteiger partial charge in [-0.1, -0.05) is 13.8 Å². The molecule has 0 atom stereocenters. The number of nitrogens with one attached hydrogen (secondary N) is 1. The van der Waals surface area contributed by atoms with E-state index < -0.39 is 10.0 Å². The third kappa shape index (κ3) is 4.86. The van der Waals surface area contributed by atoms with Gasteiger partial charge in [-0.05, 0) is 61.9 Å². The first kappa shape index (κ1) is 22.3. The molecule has 1 saturated heterocycles. The van der Waals surface area contributed by atoms with Gasteiger partial charge in [-0.2, -0.15) is 8.42 Å². The summed E-state index contributed by atoms with van der Waals surface area (Å²) in [6.45, 7) is 8.00. The molecule has 0 aromatic heterocycles. The Morgan fingerprint density at radius 2 is 1.87 bits per heavy atom. The molecule has 3 rings (SSSR count). The number of rotatable bonds is 6. The van der Waals surface area contributed by atoms with Crippen LogP contribution >= 0.6 is 0 Å². The van der Waals surface area contributed by atoms with E-state index in [1.165, 1.54) is 0 Å². The standard InChI is InChI=1S/C22H31N3O4S/c1-15(2)9-12-23-22(26)18-10-13-25(14-11-18)21-16(3)20(30(27,28)24-21)17-5-7-19(29-4)8-6-17/h5-8,15,18H,9-14H2,1-4H3,(H,23,26). The summed E-state index contributed by atoms with van der Waals surface area (Å²) in [5, 5.41) is 3.02. The smallest absolute Gasteiger partial charge is 0.285 e. The Labute approximate surface area is 179 Å². The van der Waals surface area contributed by atoms with Gasteiger partial charge < -0.3 is 15.0 Å². The highest BCUT2D eigenvalue weighted by Crippen LogP contribution is 2.35. The van der Waals surface area contributed by atoms with Crippen molar-refractivity contribution in [2.24, 2.45) is 16.2 Å². The van der Waals surface area contributed by atoms with Crippen molar-refractivity contribution in [2.75, 3.05) is 26.7 Å². The van der Waals surface area contributed by atoms with Gasteiger partial charge in [-0.25, -0.2) is 0 Å². The van der Waals surface area contributed by atoms with Crippen LogP contribution in [0.4, 0.5) is 0 Å². The SMILES string of the molecule is COc1ccc(C2=C(C)C(N3CCC(C(=O)NCCC(C)C)CC3)=NS2(=O)=O)cc1. The molecule has 0 radical (unpaired) electrons. The molecule has 7 nitrogen and oxygen atoms in total. The lowest BCUT2D eigenvalue weighted by Crippen LogP contribution is -2.43. The molecule has 0 unspecified atom stereocenters. The Balaban J connectivity index is 1.68. The summed E-state index contributed by atoms with van der Waals surface area (Å²) in [6, 6.07) is 6.96. The number of hydrogen-bond donors (Lipinski definition) is 1. The van der Waals surface area contributed by atoms with Crippen LogP contribution < -0.4 is 10.1 Å². The second-order valence-electron chi connectivity index (χ2n) is 8.31. The van der Waals surface area contributed by atoms with Gasteiger partial charge in [0.15, 0.2) is 0 Å². The molecule has 0 spiro atoms. The minimum atomic E-state index is -3.75. The number of amidine groups is 1. The van der Waals surface area contributed by atoms with Crippen LogP contribution in [0.5, 0.6) is 5.75 Å². The fourth-order valence-corrected chi connectivity index (χ4v) is 5.39. The highest BCUT2D eigenvalue weighted by atomic mass is 32.2. The molecule has 0 aliphatic carbocycles. The number of sulfonamides is 1. The van der Waals surface area contributed by atoms with Gasteiger partial charge >= 0.3 is 0 Å². The number of carbonyl (C=O) groups is 1. The van der Waals surface area contributed by atoms with E-state index in [0.717, 1.165) is 6.42 Å². The zero-order valence-corrected chi connectivity index (χ0v) is 19.0. The topological polar surface area (TPSA) is 88.1 Å². The Bertz CT molecular complexity index is 941. The molecule has 2 heterocycles. The van der Waals surface area contributed by atoms with Gasteiger partial charge in [0.05, 0.1) is 7.11 Å². The predicted octanol–water partition coefficient (Wildman–Crippen LogP) is 3.04. The molecule has 164 valence electrons. The third-order valence-corrected chi connectivity index (χ3v) is 7.15. The molecule has 2 aliphatic heterocycles. The summed E-state index contributed by atoms with van der Waals surface area (Å²) >= 11 is 0. The van der Waals surface area contributed by atoms with E-state index in [9.17, 15) is 13.2 Å². The van der Waals surface area contributed by atoms with Gasteiger partial charge in [0.2, 0.25) is 5.91 Å². The summed E-state index contributed by atoms with van der Waals surface area (Å²) in [7, 11) is -2.18. The highest BCUT2D eigenvalue weighted by Gasteiger charge is 2.35. The minimum Gasteiger partial charge on any atom is -0.497 e. The third-order valence-electron chi connectivity index (χ3n) is 5.68. The number of carbonyl (C=O) groups excluding carboxylic acids is 1. The Morgan fingerprint density at radius 1 is 1.23 bits per heavy atom. The number of likely N-dealkylation sites (tertiary alicyclic amines) is 1. The van der Waals surface area contributed by atoms with Crippen molar-refractivity contribution >= 4 is 26.7 Å². The first-order valence-electron chi connectivity index (χ1n) is 10.5. The highest BCUT2D eigenvalue weighted by molar-refractivity contribution is 8.00. The number of nitrogens with zero attached hydrogens (tertiary/aromatic N) is 2. The summed E-state index contributed by atoms with van der Waals surface area (Å²) in [6.07, 6.45) is 2.35. The number of hydrogen-bond acceptors (Lipinski definition) is 5. The van der Waals surface area contributed by atoms with Crippen molar-refractivity contribution in [3.05, 3.63) is 35.4 Å². The molecule has 0 bridgehead atoms. The van der Waals surface area contributed by atoms with E-state index >= 15 is 0 Å². The van der Waals surface area contributed by atoms with E-state index in [2.05, 4.69) is 23.6 Å². The number of methoxy groups -OCH3 is 1. The van der Waals surface area contributed by atoms with Gasteiger partial charge in [-0.15, -0.1) is 4.40 Å². The van der Waals surface area contributed by atoms with Crippen molar-refractivity contribution in [3.63, 3.8) is 0 Å². The van der Waals surface area contributed by atoms with Crippen LogP contribution in [0.1, 0.15) is 45.6 Å². The zero-order valence-electron chi connectivity index (χ0n) is 18.1. The maximum atomic E-state index is 12.8. The monoisotopic (exact) mass is 433 g/mol. The fourth-order valence-electron chi connectivity index (χ4n) is 3.91. The lowest BCUT2D eigenvalue weighted by Gasteiger charge is -2.32. The van der Waals surface area contributed by atoms with Crippen LogP contribution in [0.2, 0.25) is 0 Å². The summed E-state index contributed by atoms with van der Waals surface area (Å²) in [5.74, 6) is 1.80. The molecule has 8 heteroatoms. The molecule has 1 N–H and O–H groups in total. The quantitative estimate of drug-likeness (QED) is 0.745. The van der Waals surface area contributed by atoms with E-state index in [4.69, 9.17) is 4.74 Å². The van der Waals surface area contributed by atoms with Crippen LogP contribution in [-0.2, 0) is 14.8 Å². The molecule has 1 aromatic rings. The second-order valence-corrected chi connectivity index (χ2v) is 9.85. The predicted molar refractivity (Wildman–Crippen MR) is 119 cm³/mol. The normalized spacial score (nSPS) is 19.2. The lowest BCUT2D eigenvalue weighted by molar-refractivity contribution is -0.126. The van der Waals surface area contributed by atoms with Crippen LogP contribution in [0.3, 0.4) is 0 Å². The van der Waals surface area contributed by atoms with Crippen molar-refractivity contribution in [3.8, 4) is 5.75 Å². The van der Waals surface area contributed by atoms with Crippen LogP contribution in [-0.4, -0.2) is 51.8 Å². The fraction of sp³-hybridized carbons (Fsp3) is 0.545. The van der Waals surface area contributed by atoms with Crippen molar-refractivity contribution in [1.29, 1.82) is 0 Å². The largest absolute Gasteiger partial charge is 0.497 e. The summed E-state index contributed by atoms with van der Waals surface area (Å²) < 4.78 is 34.7. The molecule has 1 fully saturated rings. The van der Waals surface area contributed by atoms with E-state index in [0.29, 0.717) is 61.1 Å². The summed E-state index contributed by atoms with van der Waals surface area (Å²) in [4.78, 5) is 14.6. The summed E-state index contributed by atoms with van der Waals surface area (Å²) in [5.41, 5.74) is 1.26. The number of benzene rings is 1. The lowest BCUT2D eigenvalue weighted by atomic mass is 9.95. The number of amides is 1.